The molecule has 0 fully saturated rings. The van der Waals surface area contributed by atoms with Gasteiger partial charge in [-0.1, -0.05) is 19.9 Å². The van der Waals surface area contributed by atoms with Gasteiger partial charge in [0, 0.05) is 11.3 Å². The Bertz CT molecular complexity index is 753. The number of nitrogens with zero attached hydrogens (tertiary/aromatic N) is 2. The van der Waals surface area contributed by atoms with Crippen molar-refractivity contribution in [2.75, 3.05) is 6.61 Å². The summed E-state index contributed by atoms with van der Waals surface area (Å²) >= 11 is 0. The van der Waals surface area contributed by atoms with Gasteiger partial charge in [-0.05, 0) is 44.0 Å². The molecule has 1 heterocycles. The summed E-state index contributed by atoms with van der Waals surface area (Å²) in [5, 5.41) is 4.21. The maximum atomic E-state index is 12.2. The van der Waals surface area contributed by atoms with Crippen LogP contribution in [-0.4, -0.2) is 28.2 Å². The van der Waals surface area contributed by atoms with Crippen LogP contribution in [0.5, 0.6) is 5.75 Å². The van der Waals surface area contributed by atoms with Gasteiger partial charge in [-0.3, -0.25) is 25.1 Å². The number of hydrazine groups is 1. The fourth-order valence-electron chi connectivity index (χ4n) is 2.20. The van der Waals surface area contributed by atoms with Crippen molar-refractivity contribution in [3.05, 3.63) is 47.3 Å². The van der Waals surface area contributed by atoms with E-state index in [1.54, 1.807) is 28.9 Å². The summed E-state index contributed by atoms with van der Waals surface area (Å²) in [7, 11) is 0. The number of benzene rings is 1. The van der Waals surface area contributed by atoms with E-state index < -0.39 is 5.91 Å². The third-order valence-corrected chi connectivity index (χ3v) is 3.39. The predicted molar refractivity (Wildman–Crippen MR) is 94.1 cm³/mol. The molecule has 2 aromatic rings. The summed E-state index contributed by atoms with van der Waals surface area (Å²) in [6, 6.07) is 8.72. The first kappa shape index (κ1) is 18.5. The van der Waals surface area contributed by atoms with Gasteiger partial charge in [-0.2, -0.15) is 5.10 Å². The smallest absolute Gasteiger partial charge is 0.269 e. The van der Waals surface area contributed by atoms with Crippen LogP contribution in [-0.2, 0) is 11.3 Å². The normalized spacial score (nSPS) is 10.6. The van der Waals surface area contributed by atoms with Crippen molar-refractivity contribution in [3.8, 4) is 5.75 Å². The highest BCUT2D eigenvalue weighted by Gasteiger charge is 2.10. The molecule has 1 aromatic carbocycles. The average molecular weight is 344 g/mol. The van der Waals surface area contributed by atoms with Gasteiger partial charge in [0.05, 0.1) is 12.3 Å². The Morgan fingerprint density at radius 3 is 2.60 bits per heavy atom. The molecule has 2 rings (SSSR count). The highest BCUT2D eigenvalue weighted by Crippen LogP contribution is 2.14. The second-order valence-electron chi connectivity index (χ2n) is 6.32. The number of rotatable bonds is 6. The first-order chi connectivity index (χ1) is 11.8. The molecule has 0 radical (unpaired) electrons. The van der Waals surface area contributed by atoms with E-state index in [0.29, 0.717) is 23.8 Å². The van der Waals surface area contributed by atoms with Crippen LogP contribution in [0.15, 0.2) is 30.3 Å². The SMILES string of the molecule is Cc1cc(C)n(CC(=O)NNC(=O)c2cccc(OCC(C)C)c2)n1. The number of ether oxygens (including phenoxy) is 1. The Hall–Kier alpha value is -2.83. The van der Waals surface area contributed by atoms with Crippen molar-refractivity contribution in [2.24, 2.45) is 5.92 Å². The van der Waals surface area contributed by atoms with Crippen LogP contribution in [0.4, 0.5) is 0 Å². The van der Waals surface area contributed by atoms with Gasteiger partial charge in [-0.15, -0.1) is 0 Å². The highest BCUT2D eigenvalue weighted by atomic mass is 16.5. The number of aromatic nitrogens is 2. The third-order valence-electron chi connectivity index (χ3n) is 3.39. The minimum Gasteiger partial charge on any atom is -0.493 e. The Balaban J connectivity index is 1.88. The predicted octanol–water partition coefficient (Wildman–Crippen LogP) is 2.00. The third kappa shape index (κ3) is 5.63. The molecule has 0 saturated heterocycles. The van der Waals surface area contributed by atoms with Gasteiger partial charge in [0.25, 0.3) is 11.8 Å². The van der Waals surface area contributed by atoms with Crippen molar-refractivity contribution in [1.29, 1.82) is 0 Å². The van der Waals surface area contributed by atoms with Crippen LogP contribution in [0, 0.1) is 19.8 Å². The van der Waals surface area contributed by atoms with Gasteiger partial charge >= 0.3 is 0 Å². The maximum absolute atomic E-state index is 12.2. The molecule has 0 bridgehead atoms. The lowest BCUT2D eigenvalue weighted by atomic mass is 10.2. The Morgan fingerprint density at radius 2 is 1.96 bits per heavy atom. The fraction of sp³-hybridized carbons (Fsp3) is 0.389. The summed E-state index contributed by atoms with van der Waals surface area (Å²) in [4.78, 5) is 24.1. The number of carbonyl (C=O) groups is 2. The van der Waals surface area contributed by atoms with Crippen LogP contribution < -0.4 is 15.6 Å². The number of aryl methyl sites for hydroxylation is 2. The zero-order valence-electron chi connectivity index (χ0n) is 15.0. The van der Waals surface area contributed by atoms with E-state index in [1.165, 1.54) is 0 Å². The lowest BCUT2D eigenvalue weighted by Gasteiger charge is -2.11. The Morgan fingerprint density at radius 1 is 1.20 bits per heavy atom. The standard InChI is InChI=1S/C18H24N4O3/c1-12(2)11-25-16-7-5-6-15(9-16)18(24)20-19-17(23)10-22-14(4)8-13(3)21-22/h5-9,12H,10-11H2,1-4H3,(H,19,23)(H,20,24). The molecule has 0 aliphatic heterocycles. The number of amides is 2. The first-order valence-electron chi connectivity index (χ1n) is 8.18. The van der Waals surface area contributed by atoms with E-state index in [2.05, 4.69) is 29.8 Å². The lowest BCUT2D eigenvalue weighted by Crippen LogP contribution is -2.43. The zero-order chi connectivity index (χ0) is 18.4. The van der Waals surface area contributed by atoms with Crippen molar-refractivity contribution in [1.82, 2.24) is 20.6 Å². The molecule has 25 heavy (non-hydrogen) atoms. The molecule has 7 nitrogen and oxygen atoms in total. The van der Waals surface area contributed by atoms with Crippen LogP contribution in [0.1, 0.15) is 35.6 Å². The molecule has 134 valence electrons. The molecular weight excluding hydrogens is 320 g/mol. The quantitative estimate of drug-likeness (QED) is 0.785. The number of hydrogen-bond acceptors (Lipinski definition) is 4. The summed E-state index contributed by atoms with van der Waals surface area (Å²) in [5.41, 5.74) is 6.93. The summed E-state index contributed by atoms with van der Waals surface area (Å²) in [5.74, 6) is 0.255. The first-order valence-corrected chi connectivity index (χ1v) is 8.18. The lowest BCUT2D eigenvalue weighted by molar-refractivity contribution is -0.122. The van der Waals surface area contributed by atoms with E-state index in [4.69, 9.17) is 4.74 Å². The molecule has 7 heteroatoms. The number of nitrogens with one attached hydrogen (secondary N) is 2. The number of hydrogen-bond donors (Lipinski definition) is 2. The van der Waals surface area contributed by atoms with Gasteiger partial charge in [0.2, 0.25) is 0 Å². The van der Waals surface area contributed by atoms with E-state index in [-0.39, 0.29) is 12.5 Å². The van der Waals surface area contributed by atoms with Gasteiger partial charge in [0.15, 0.2) is 0 Å². The molecule has 0 aliphatic carbocycles. The van der Waals surface area contributed by atoms with Crippen LogP contribution in [0.2, 0.25) is 0 Å². The van der Waals surface area contributed by atoms with Crippen LogP contribution in [0.25, 0.3) is 0 Å². The Kier molecular flexibility index (Phi) is 6.16. The minimum atomic E-state index is -0.406. The van der Waals surface area contributed by atoms with Crippen molar-refractivity contribution >= 4 is 11.8 Å². The summed E-state index contributed by atoms with van der Waals surface area (Å²) in [6.07, 6.45) is 0. The maximum Gasteiger partial charge on any atom is 0.269 e. The zero-order valence-corrected chi connectivity index (χ0v) is 15.0. The largest absolute Gasteiger partial charge is 0.493 e. The number of carbonyl (C=O) groups excluding carboxylic acids is 2. The molecule has 2 amide bonds. The van der Waals surface area contributed by atoms with Crippen molar-refractivity contribution in [3.63, 3.8) is 0 Å². The second-order valence-corrected chi connectivity index (χ2v) is 6.32. The summed E-state index contributed by atoms with van der Waals surface area (Å²) < 4.78 is 7.18. The summed E-state index contributed by atoms with van der Waals surface area (Å²) in [6.45, 7) is 8.44. The molecule has 0 saturated carbocycles. The molecule has 0 atom stereocenters. The van der Waals surface area contributed by atoms with Crippen molar-refractivity contribution in [2.45, 2.75) is 34.2 Å². The Labute approximate surface area is 147 Å². The molecule has 0 spiro atoms. The van der Waals surface area contributed by atoms with Crippen LogP contribution >= 0.6 is 0 Å². The van der Waals surface area contributed by atoms with E-state index in [0.717, 1.165) is 11.4 Å². The molecule has 0 unspecified atom stereocenters. The monoisotopic (exact) mass is 344 g/mol. The van der Waals surface area contributed by atoms with Gasteiger partial charge < -0.3 is 4.74 Å². The fourth-order valence-corrected chi connectivity index (χ4v) is 2.20. The van der Waals surface area contributed by atoms with Gasteiger partial charge in [0.1, 0.15) is 12.3 Å². The molecule has 2 N–H and O–H groups in total. The second kappa shape index (κ2) is 8.32. The van der Waals surface area contributed by atoms with Crippen molar-refractivity contribution < 1.29 is 14.3 Å². The van der Waals surface area contributed by atoms with E-state index in [9.17, 15) is 9.59 Å². The molecule has 1 aromatic heterocycles. The van der Waals surface area contributed by atoms with E-state index in [1.807, 2.05) is 19.9 Å². The van der Waals surface area contributed by atoms with Gasteiger partial charge in [-0.25, -0.2) is 0 Å². The molecule has 0 aliphatic rings. The topological polar surface area (TPSA) is 85.2 Å². The highest BCUT2D eigenvalue weighted by molar-refractivity contribution is 5.95. The van der Waals surface area contributed by atoms with E-state index >= 15 is 0 Å². The van der Waals surface area contributed by atoms with Crippen LogP contribution in [0.3, 0.4) is 0 Å². The minimum absolute atomic E-state index is 0.0392. The molecular formula is C18H24N4O3. The average Bonchev–Trinajstić information content (AvgIpc) is 2.88.